The second-order valence-electron chi connectivity index (χ2n) is 7.01. The molecule has 8 heteroatoms. The van der Waals surface area contributed by atoms with Gasteiger partial charge in [0.2, 0.25) is 5.91 Å². The van der Waals surface area contributed by atoms with Crippen LogP contribution >= 0.6 is 45.8 Å². The molecular formula is C21H23Cl2IN2O3. The normalized spacial score (nSPS) is 13.2. The number of fused-ring (bicyclic) bond motifs is 1. The highest BCUT2D eigenvalue weighted by molar-refractivity contribution is 14.1. The summed E-state index contributed by atoms with van der Waals surface area (Å²) in [5, 5.41) is 0.968. The Labute approximate surface area is 194 Å². The lowest BCUT2D eigenvalue weighted by Gasteiger charge is -2.31. The highest BCUT2D eigenvalue weighted by Crippen LogP contribution is 2.47. The fraction of sp³-hybridized carbons (Fsp3) is 0.429. The SMILES string of the molecule is COc1c(Cl)c2c(c(Cl)c1OC)CN(C(=O)CCCc1ncc(C)cc1I)CC2. The number of ether oxygens (including phenoxy) is 2. The fourth-order valence-electron chi connectivity index (χ4n) is 3.57. The number of hydrogen-bond donors (Lipinski definition) is 0. The van der Waals surface area contributed by atoms with Crippen molar-refractivity contribution < 1.29 is 14.3 Å². The third-order valence-electron chi connectivity index (χ3n) is 5.10. The van der Waals surface area contributed by atoms with Gasteiger partial charge in [0.15, 0.2) is 11.5 Å². The molecule has 0 unspecified atom stereocenters. The zero-order valence-corrected chi connectivity index (χ0v) is 20.3. The molecule has 0 fully saturated rings. The van der Waals surface area contributed by atoms with Crippen LogP contribution in [0.25, 0.3) is 0 Å². The summed E-state index contributed by atoms with van der Waals surface area (Å²) in [6, 6.07) is 2.11. The maximum Gasteiger partial charge on any atom is 0.222 e. The molecule has 0 saturated heterocycles. The van der Waals surface area contributed by atoms with Crippen LogP contribution in [0.5, 0.6) is 11.5 Å². The molecule has 156 valence electrons. The smallest absolute Gasteiger partial charge is 0.222 e. The van der Waals surface area contributed by atoms with Crippen LogP contribution in [0.3, 0.4) is 0 Å². The van der Waals surface area contributed by atoms with Crippen LogP contribution in [0, 0.1) is 10.5 Å². The Morgan fingerprint density at radius 1 is 1.21 bits per heavy atom. The molecule has 1 aromatic carbocycles. The van der Waals surface area contributed by atoms with Gasteiger partial charge in [-0.25, -0.2) is 0 Å². The number of carbonyl (C=O) groups excluding carboxylic acids is 1. The van der Waals surface area contributed by atoms with Crippen LogP contribution in [-0.2, 0) is 24.2 Å². The van der Waals surface area contributed by atoms with Gasteiger partial charge >= 0.3 is 0 Å². The number of hydrogen-bond acceptors (Lipinski definition) is 4. The number of nitrogens with zero attached hydrogens (tertiary/aromatic N) is 2. The van der Waals surface area contributed by atoms with Gasteiger partial charge in [0.25, 0.3) is 0 Å². The Morgan fingerprint density at radius 3 is 2.48 bits per heavy atom. The average Bonchev–Trinajstić information content (AvgIpc) is 2.71. The molecule has 0 aliphatic carbocycles. The lowest BCUT2D eigenvalue weighted by atomic mass is 9.97. The first-order valence-corrected chi connectivity index (χ1v) is 11.2. The maximum atomic E-state index is 12.8. The first-order valence-electron chi connectivity index (χ1n) is 9.36. The van der Waals surface area contributed by atoms with Crippen LogP contribution in [0.4, 0.5) is 0 Å². The summed E-state index contributed by atoms with van der Waals surface area (Å²) in [5.74, 6) is 0.963. The lowest BCUT2D eigenvalue weighted by Crippen LogP contribution is -2.36. The highest BCUT2D eigenvalue weighted by Gasteiger charge is 2.29. The van der Waals surface area contributed by atoms with Crippen molar-refractivity contribution in [2.45, 2.75) is 39.2 Å². The highest BCUT2D eigenvalue weighted by atomic mass is 127. The molecule has 1 aromatic heterocycles. The largest absolute Gasteiger partial charge is 0.491 e. The molecule has 0 saturated carbocycles. The van der Waals surface area contributed by atoms with E-state index in [0.717, 1.165) is 38.8 Å². The molecule has 1 amide bonds. The zero-order valence-electron chi connectivity index (χ0n) is 16.7. The van der Waals surface area contributed by atoms with Crippen molar-refractivity contribution in [3.05, 3.63) is 48.3 Å². The van der Waals surface area contributed by atoms with Crippen molar-refractivity contribution in [1.82, 2.24) is 9.88 Å². The molecule has 2 heterocycles. The molecule has 1 aliphatic heterocycles. The van der Waals surface area contributed by atoms with Crippen molar-refractivity contribution in [3.63, 3.8) is 0 Å². The lowest BCUT2D eigenvalue weighted by molar-refractivity contribution is -0.132. The van der Waals surface area contributed by atoms with E-state index in [-0.39, 0.29) is 5.91 Å². The predicted molar refractivity (Wildman–Crippen MR) is 123 cm³/mol. The maximum absolute atomic E-state index is 12.8. The number of benzene rings is 1. The molecular weight excluding hydrogens is 526 g/mol. The third-order valence-corrected chi connectivity index (χ3v) is 6.83. The van der Waals surface area contributed by atoms with E-state index in [0.29, 0.717) is 47.5 Å². The molecule has 0 atom stereocenters. The minimum absolute atomic E-state index is 0.111. The number of methoxy groups -OCH3 is 2. The van der Waals surface area contributed by atoms with Gasteiger partial charge in [0.1, 0.15) is 0 Å². The molecule has 0 radical (unpaired) electrons. The van der Waals surface area contributed by atoms with Gasteiger partial charge in [-0.1, -0.05) is 23.2 Å². The summed E-state index contributed by atoms with van der Waals surface area (Å²) in [6.45, 7) is 3.06. The second-order valence-corrected chi connectivity index (χ2v) is 8.93. The van der Waals surface area contributed by atoms with Crippen LogP contribution in [0.1, 0.15) is 35.2 Å². The predicted octanol–water partition coefficient (Wildman–Crippen LogP) is 5.23. The number of rotatable bonds is 6. The van der Waals surface area contributed by atoms with Gasteiger partial charge in [0, 0.05) is 29.3 Å². The van der Waals surface area contributed by atoms with Crippen molar-refractivity contribution in [2.24, 2.45) is 0 Å². The average molecular weight is 549 g/mol. The number of pyridine rings is 1. The summed E-state index contributed by atoms with van der Waals surface area (Å²) in [6.07, 6.45) is 4.52. The fourth-order valence-corrected chi connectivity index (χ4v) is 5.18. The van der Waals surface area contributed by atoms with E-state index in [1.54, 1.807) is 0 Å². The number of aromatic nitrogens is 1. The molecule has 29 heavy (non-hydrogen) atoms. The first-order chi connectivity index (χ1) is 13.9. The van der Waals surface area contributed by atoms with Crippen molar-refractivity contribution in [3.8, 4) is 11.5 Å². The molecule has 2 aromatic rings. The summed E-state index contributed by atoms with van der Waals surface area (Å²) in [5.41, 5.74) is 3.95. The van der Waals surface area contributed by atoms with Crippen LogP contribution in [0.2, 0.25) is 10.0 Å². The minimum atomic E-state index is 0.111. The Kier molecular flexibility index (Phi) is 7.51. The minimum Gasteiger partial charge on any atom is -0.491 e. The van der Waals surface area contributed by atoms with Gasteiger partial charge in [-0.3, -0.25) is 9.78 Å². The van der Waals surface area contributed by atoms with Crippen molar-refractivity contribution >= 4 is 51.7 Å². The second kappa shape index (κ2) is 9.71. The van der Waals surface area contributed by atoms with Crippen LogP contribution < -0.4 is 9.47 Å². The number of aryl methyl sites for hydroxylation is 2. The van der Waals surface area contributed by atoms with E-state index < -0.39 is 0 Å². The van der Waals surface area contributed by atoms with E-state index in [4.69, 9.17) is 32.7 Å². The standard InChI is InChI=1S/C21H23Cl2IN2O3/c1-12-9-15(24)16(25-10-12)5-4-6-17(27)26-8-7-13-14(11-26)19(23)21(29-3)20(28-2)18(13)22/h9-10H,4-8,11H2,1-3H3. The van der Waals surface area contributed by atoms with E-state index in [9.17, 15) is 4.79 Å². The third kappa shape index (κ3) is 4.75. The van der Waals surface area contributed by atoms with Crippen molar-refractivity contribution in [1.29, 1.82) is 0 Å². The summed E-state index contributed by atoms with van der Waals surface area (Å²) < 4.78 is 11.9. The summed E-state index contributed by atoms with van der Waals surface area (Å²) >= 11 is 15.4. The molecule has 1 aliphatic rings. The molecule has 3 rings (SSSR count). The topological polar surface area (TPSA) is 51.7 Å². The monoisotopic (exact) mass is 548 g/mol. The molecule has 0 N–H and O–H groups in total. The van der Waals surface area contributed by atoms with E-state index in [2.05, 4.69) is 33.6 Å². The number of amides is 1. The van der Waals surface area contributed by atoms with E-state index >= 15 is 0 Å². The van der Waals surface area contributed by atoms with Crippen molar-refractivity contribution in [2.75, 3.05) is 20.8 Å². The van der Waals surface area contributed by atoms with Gasteiger partial charge in [-0.05, 0) is 71.5 Å². The van der Waals surface area contributed by atoms with Gasteiger partial charge < -0.3 is 14.4 Å². The Bertz CT molecular complexity index is 937. The van der Waals surface area contributed by atoms with E-state index in [1.807, 2.05) is 18.0 Å². The molecule has 0 spiro atoms. The first kappa shape index (κ1) is 22.4. The Balaban J connectivity index is 1.68. The Hall–Kier alpha value is -1.25. The molecule has 0 bridgehead atoms. The van der Waals surface area contributed by atoms with Gasteiger partial charge in [-0.2, -0.15) is 0 Å². The number of halogens is 3. The summed E-state index contributed by atoms with van der Waals surface area (Å²) in [4.78, 5) is 19.1. The van der Waals surface area contributed by atoms with Crippen LogP contribution in [-0.4, -0.2) is 36.6 Å². The quantitative estimate of drug-likeness (QED) is 0.464. The molecule has 5 nitrogen and oxygen atoms in total. The summed E-state index contributed by atoms with van der Waals surface area (Å²) in [7, 11) is 3.06. The Morgan fingerprint density at radius 2 is 1.86 bits per heavy atom. The van der Waals surface area contributed by atoms with E-state index in [1.165, 1.54) is 14.2 Å². The van der Waals surface area contributed by atoms with Gasteiger partial charge in [0.05, 0.1) is 30.0 Å². The van der Waals surface area contributed by atoms with Gasteiger partial charge in [-0.15, -0.1) is 0 Å². The van der Waals surface area contributed by atoms with Crippen LogP contribution in [0.15, 0.2) is 12.3 Å². The number of carbonyl (C=O) groups is 1. The zero-order chi connectivity index (χ0) is 21.1.